The molecule has 0 N–H and O–H groups in total. The van der Waals surface area contributed by atoms with Gasteiger partial charge < -0.3 is 4.74 Å². The topological polar surface area (TPSA) is 28.6 Å². The van der Waals surface area contributed by atoms with Gasteiger partial charge in [-0.05, 0) is 49.4 Å². The summed E-state index contributed by atoms with van der Waals surface area (Å²) in [4.78, 5) is 10.7. The molecule has 4 rings (SSSR count). The third-order valence-corrected chi connectivity index (χ3v) is 6.56. The summed E-state index contributed by atoms with van der Waals surface area (Å²) in [6.07, 6.45) is 7.29. The number of ether oxygens (including phenoxy) is 1. The molecule has 4 nitrogen and oxygen atoms in total. The quantitative estimate of drug-likeness (QED) is 0.820. The Labute approximate surface area is 154 Å². The van der Waals surface area contributed by atoms with Gasteiger partial charge in [-0.25, -0.2) is 0 Å². The first-order chi connectivity index (χ1) is 12.2. The van der Waals surface area contributed by atoms with Crippen molar-refractivity contribution < 1.29 is 4.74 Å². The van der Waals surface area contributed by atoms with E-state index in [1.54, 1.807) is 0 Å². The molecule has 2 aliphatic heterocycles. The molecular formula is C20H27N3OS. The summed E-state index contributed by atoms with van der Waals surface area (Å²) in [5.41, 5.74) is 1.39. The molecule has 0 amide bonds. The van der Waals surface area contributed by atoms with Crippen LogP contribution in [0.5, 0.6) is 0 Å². The number of piperidine rings is 1. The Bertz CT molecular complexity index is 653. The highest BCUT2D eigenvalue weighted by atomic mass is 32.1. The van der Waals surface area contributed by atoms with Crippen LogP contribution in [0.2, 0.25) is 0 Å². The molecule has 0 aliphatic carbocycles. The average molecular weight is 358 g/mol. The Kier molecular flexibility index (Phi) is 5.17. The summed E-state index contributed by atoms with van der Waals surface area (Å²) < 4.78 is 6.36. The molecule has 0 radical (unpaired) electrons. The van der Waals surface area contributed by atoms with Crippen molar-refractivity contribution in [2.45, 2.75) is 44.0 Å². The molecular weight excluding hydrogens is 330 g/mol. The Hall–Kier alpha value is -1.27. The molecule has 2 fully saturated rings. The van der Waals surface area contributed by atoms with Gasteiger partial charge in [-0.15, -0.1) is 11.3 Å². The number of hydrogen-bond acceptors (Lipinski definition) is 5. The molecule has 4 heterocycles. The van der Waals surface area contributed by atoms with E-state index in [0.29, 0.717) is 6.04 Å². The number of aromatic nitrogens is 1. The fraction of sp³-hybridized carbons (Fsp3) is 0.550. The molecule has 0 unspecified atom stereocenters. The van der Waals surface area contributed by atoms with E-state index >= 15 is 0 Å². The monoisotopic (exact) mass is 357 g/mol. The number of likely N-dealkylation sites (tertiary alicyclic amines) is 1. The van der Waals surface area contributed by atoms with E-state index in [0.717, 1.165) is 52.0 Å². The summed E-state index contributed by atoms with van der Waals surface area (Å²) in [6.45, 7) is 5.20. The largest absolute Gasteiger partial charge is 0.373 e. The van der Waals surface area contributed by atoms with Crippen LogP contribution in [0.3, 0.4) is 0 Å². The van der Waals surface area contributed by atoms with E-state index in [2.05, 4.69) is 45.4 Å². The van der Waals surface area contributed by atoms with Crippen LogP contribution in [0.15, 0.2) is 42.0 Å². The van der Waals surface area contributed by atoms with Gasteiger partial charge in [0, 0.05) is 49.5 Å². The number of nitrogens with zero attached hydrogens (tertiary/aromatic N) is 3. The van der Waals surface area contributed by atoms with E-state index in [4.69, 9.17) is 4.74 Å². The van der Waals surface area contributed by atoms with Gasteiger partial charge in [-0.1, -0.05) is 12.1 Å². The minimum absolute atomic E-state index is 0.111. The van der Waals surface area contributed by atoms with Crippen LogP contribution in [0, 0.1) is 0 Å². The van der Waals surface area contributed by atoms with Gasteiger partial charge >= 0.3 is 0 Å². The summed E-state index contributed by atoms with van der Waals surface area (Å²) in [7, 11) is 2.21. The number of likely N-dealkylation sites (N-methyl/N-ethyl adjacent to an activating group) is 1. The van der Waals surface area contributed by atoms with E-state index in [1.807, 2.05) is 29.8 Å². The van der Waals surface area contributed by atoms with Crippen LogP contribution < -0.4 is 0 Å². The fourth-order valence-electron chi connectivity index (χ4n) is 4.10. The normalized spacial score (nSPS) is 23.5. The second-order valence-corrected chi connectivity index (χ2v) is 8.52. The first kappa shape index (κ1) is 17.2. The molecule has 134 valence electrons. The molecule has 25 heavy (non-hydrogen) atoms. The lowest BCUT2D eigenvalue weighted by atomic mass is 9.87. The highest BCUT2D eigenvalue weighted by molar-refractivity contribution is 7.09. The van der Waals surface area contributed by atoms with Gasteiger partial charge in [0.25, 0.3) is 0 Å². The Morgan fingerprint density at radius 1 is 1.32 bits per heavy atom. The molecule has 2 aromatic rings. The van der Waals surface area contributed by atoms with Gasteiger partial charge in [-0.3, -0.25) is 14.8 Å². The SMILES string of the molecule is CN(Cc1cccnc1)[C@H]1COC2(CCN(Cc3cccs3)CC2)C1. The molecule has 1 atom stereocenters. The van der Waals surface area contributed by atoms with Crippen molar-refractivity contribution in [1.29, 1.82) is 0 Å². The van der Waals surface area contributed by atoms with Crippen molar-refractivity contribution in [3.8, 4) is 0 Å². The van der Waals surface area contributed by atoms with Gasteiger partial charge in [0.1, 0.15) is 0 Å². The van der Waals surface area contributed by atoms with Crippen molar-refractivity contribution >= 4 is 11.3 Å². The van der Waals surface area contributed by atoms with E-state index in [-0.39, 0.29) is 5.60 Å². The minimum Gasteiger partial charge on any atom is -0.373 e. The van der Waals surface area contributed by atoms with Crippen LogP contribution in [0.25, 0.3) is 0 Å². The summed E-state index contributed by atoms with van der Waals surface area (Å²) in [5, 5.41) is 2.17. The highest BCUT2D eigenvalue weighted by Crippen LogP contribution is 2.38. The number of thiophene rings is 1. The lowest BCUT2D eigenvalue weighted by Crippen LogP contribution is -2.44. The molecule has 1 spiro atoms. The second kappa shape index (κ2) is 7.54. The smallest absolute Gasteiger partial charge is 0.0723 e. The maximum Gasteiger partial charge on any atom is 0.0723 e. The van der Waals surface area contributed by atoms with Crippen molar-refractivity contribution in [1.82, 2.24) is 14.8 Å². The third kappa shape index (κ3) is 4.11. The lowest BCUT2D eigenvalue weighted by molar-refractivity contribution is -0.0451. The summed E-state index contributed by atoms with van der Waals surface area (Å²) in [5.74, 6) is 0. The predicted octanol–water partition coefficient (Wildman–Crippen LogP) is 3.40. The molecule has 0 aromatic carbocycles. The zero-order valence-corrected chi connectivity index (χ0v) is 15.8. The van der Waals surface area contributed by atoms with Crippen LogP contribution in [0.4, 0.5) is 0 Å². The zero-order chi connectivity index (χ0) is 17.1. The number of hydrogen-bond donors (Lipinski definition) is 0. The van der Waals surface area contributed by atoms with Crippen LogP contribution in [-0.2, 0) is 17.8 Å². The molecule has 2 aromatic heterocycles. The maximum atomic E-state index is 6.36. The van der Waals surface area contributed by atoms with Crippen LogP contribution in [-0.4, -0.2) is 53.2 Å². The van der Waals surface area contributed by atoms with E-state index in [9.17, 15) is 0 Å². The van der Waals surface area contributed by atoms with Crippen molar-refractivity contribution in [3.63, 3.8) is 0 Å². The Morgan fingerprint density at radius 2 is 2.20 bits per heavy atom. The third-order valence-electron chi connectivity index (χ3n) is 5.69. The Morgan fingerprint density at radius 3 is 2.92 bits per heavy atom. The number of pyridine rings is 1. The van der Waals surface area contributed by atoms with Gasteiger partial charge in [-0.2, -0.15) is 0 Å². The average Bonchev–Trinajstić information content (AvgIpc) is 3.29. The standard InChI is InChI=1S/C20H27N3OS/c1-22(14-17-4-2-8-21-13-17)18-12-20(24-16-18)6-9-23(10-7-20)15-19-5-3-11-25-19/h2-5,8,11,13,18H,6-7,9-10,12,14-16H2,1H3/t18-/m1/s1. The van der Waals surface area contributed by atoms with Gasteiger partial charge in [0.05, 0.1) is 12.2 Å². The lowest BCUT2D eigenvalue weighted by Gasteiger charge is -2.38. The minimum atomic E-state index is 0.111. The fourth-order valence-corrected chi connectivity index (χ4v) is 4.85. The van der Waals surface area contributed by atoms with E-state index in [1.165, 1.54) is 10.4 Å². The first-order valence-electron chi connectivity index (χ1n) is 9.20. The van der Waals surface area contributed by atoms with Crippen LogP contribution in [0.1, 0.15) is 29.7 Å². The van der Waals surface area contributed by atoms with Gasteiger partial charge in [0.15, 0.2) is 0 Å². The van der Waals surface area contributed by atoms with Crippen molar-refractivity contribution in [2.24, 2.45) is 0 Å². The second-order valence-electron chi connectivity index (χ2n) is 7.48. The number of rotatable bonds is 5. The zero-order valence-electron chi connectivity index (χ0n) is 14.9. The van der Waals surface area contributed by atoms with E-state index < -0.39 is 0 Å². The first-order valence-corrected chi connectivity index (χ1v) is 10.1. The predicted molar refractivity (Wildman–Crippen MR) is 102 cm³/mol. The Balaban J connectivity index is 1.28. The maximum absolute atomic E-state index is 6.36. The van der Waals surface area contributed by atoms with Crippen molar-refractivity contribution in [2.75, 3.05) is 26.7 Å². The molecule has 0 saturated carbocycles. The van der Waals surface area contributed by atoms with Crippen molar-refractivity contribution in [3.05, 3.63) is 52.5 Å². The molecule has 2 saturated heterocycles. The molecule has 5 heteroatoms. The highest BCUT2D eigenvalue weighted by Gasteiger charge is 2.43. The summed E-state index contributed by atoms with van der Waals surface area (Å²) >= 11 is 1.86. The molecule has 2 aliphatic rings. The summed E-state index contributed by atoms with van der Waals surface area (Å²) in [6, 6.07) is 9.07. The van der Waals surface area contributed by atoms with Crippen LogP contribution >= 0.6 is 11.3 Å². The molecule has 0 bridgehead atoms. The van der Waals surface area contributed by atoms with Gasteiger partial charge in [0.2, 0.25) is 0 Å².